The van der Waals surface area contributed by atoms with E-state index in [9.17, 15) is 9.90 Å². The van der Waals surface area contributed by atoms with Gasteiger partial charge in [-0.05, 0) is 37.3 Å². The van der Waals surface area contributed by atoms with Gasteiger partial charge in [0.15, 0.2) is 0 Å². The van der Waals surface area contributed by atoms with E-state index >= 15 is 0 Å². The van der Waals surface area contributed by atoms with Crippen molar-refractivity contribution in [3.63, 3.8) is 0 Å². The van der Waals surface area contributed by atoms with Gasteiger partial charge in [-0.1, -0.05) is 6.07 Å². The smallest absolute Gasteiger partial charge is 0.256 e. The molecule has 4 rings (SSSR count). The lowest BCUT2D eigenvalue weighted by atomic mass is 10.1. The molecule has 1 aromatic heterocycles. The Morgan fingerprint density at radius 1 is 1.45 bits per heavy atom. The summed E-state index contributed by atoms with van der Waals surface area (Å²) in [6.45, 7) is 0.744. The number of hydrogen-bond donors (Lipinski definition) is 2. The number of carbonyl (C=O) groups excluding carboxylic acids is 1. The third-order valence-electron chi connectivity index (χ3n) is 4.61. The molecule has 2 bridgehead atoms. The van der Waals surface area contributed by atoms with Gasteiger partial charge in [-0.25, -0.2) is 4.98 Å². The van der Waals surface area contributed by atoms with Gasteiger partial charge in [0.2, 0.25) is 0 Å². The number of carbonyl (C=O) groups is 1. The minimum Gasteiger partial charge on any atom is -0.388 e. The zero-order valence-corrected chi connectivity index (χ0v) is 11.2. The molecule has 1 saturated carbocycles. The van der Waals surface area contributed by atoms with Gasteiger partial charge in [0, 0.05) is 12.6 Å². The Kier molecular flexibility index (Phi) is 2.57. The molecule has 2 atom stereocenters. The van der Waals surface area contributed by atoms with E-state index < -0.39 is 0 Å². The minimum absolute atomic E-state index is 0.0822. The molecular weight excluding hydrogens is 254 g/mol. The number of benzene rings is 1. The molecular formula is C15H17N3O2. The van der Waals surface area contributed by atoms with Crippen LogP contribution >= 0.6 is 0 Å². The topological polar surface area (TPSA) is 69.2 Å². The first-order valence-electron chi connectivity index (χ1n) is 7.15. The summed E-state index contributed by atoms with van der Waals surface area (Å²) in [5, 5.41) is 9.18. The van der Waals surface area contributed by atoms with Crippen LogP contribution in [0.1, 0.15) is 35.4 Å². The molecule has 5 heteroatoms. The fourth-order valence-corrected chi connectivity index (χ4v) is 3.66. The second-order valence-corrected chi connectivity index (χ2v) is 5.83. The average Bonchev–Trinajstić information content (AvgIpc) is 3.19. The predicted molar refractivity (Wildman–Crippen MR) is 74.2 cm³/mol. The van der Waals surface area contributed by atoms with Crippen LogP contribution in [0.2, 0.25) is 0 Å². The van der Waals surface area contributed by atoms with Crippen LogP contribution in [-0.4, -0.2) is 38.5 Å². The fraction of sp³-hybridized carbons (Fsp3) is 0.467. The van der Waals surface area contributed by atoms with Crippen molar-refractivity contribution in [1.82, 2.24) is 14.9 Å². The van der Waals surface area contributed by atoms with Crippen LogP contribution < -0.4 is 0 Å². The molecule has 1 aliphatic carbocycles. The number of para-hydroxylation sites is 1. The summed E-state index contributed by atoms with van der Waals surface area (Å²) in [5.74, 6) is 1.28. The van der Waals surface area contributed by atoms with Crippen molar-refractivity contribution in [2.24, 2.45) is 5.92 Å². The highest BCUT2D eigenvalue weighted by Crippen LogP contribution is 2.38. The molecule has 2 unspecified atom stereocenters. The van der Waals surface area contributed by atoms with E-state index in [4.69, 9.17) is 0 Å². The summed E-state index contributed by atoms with van der Waals surface area (Å²) in [5.41, 5.74) is 2.12. The highest BCUT2D eigenvalue weighted by Gasteiger charge is 2.40. The van der Waals surface area contributed by atoms with E-state index in [1.807, 2.05) is 23.1 Å². The van der Waals surface area contributed by atoms with Crippen LogP contribution in [0.5, 0.6) is 0 Å². The molecule has 2 aromatic rings. The lowest BCUT2D eigenvalue weighted by molar-refractivity contribution is 0.0705. The van der Waals surface area contributed by atoms with E-state index in [-0.39, 0.29) is 12.5 Å². The number of imidazole rings is 1. The molecule has 20 heavy (non-hydrogen) atoms. The first kappa shape index (κ1) is 11.9. The van der Waals surface area contributed by atoms with Crippen molar-refractivity contribution in [1.29, 1.82) is 0 Å². The van der Waals surface area contributed by atoms with Gasteiger partial charge >= 0.3 is 0 Å². The number of fused-ring (bicyclic) bond motifs is 3. The third-order valence-corrected chi connectivity index (χ3v) is 4.61. The number of aromatic amines is 1. The van der Waals surface area contributed by atoms with Crippen molar-refractivity contribution in [3.8, 4) is 0 Å². The van der Waals surface area contributed by atoms with E-state index in [1.165, 1.54) is 6.42 Å². The van der Waals surface area contributed by atoms with Gasteiger partial charge in [-0.2, -0.15) is 0 Å². The monoisotopic (exact) mass is 271 g/mol. The first-order chi connectivity index (χ1) is 9.76. The number of aromatic nitrogens is 2. The van der Waals surface area contributed by atoms with Crippen LogP contribution in [0.25, 0.3) is 11.0 Å². The molecule has 2 aliphatic rings. The zero-order valence-electron chi connectivity index (χ0n) is 11.2. The summed E-state index contributed by atoms with van der Waals surface area (Å²) in [4.78, 5) is 22.1. The van der Waals surface area contributed by atoms with Gasteiger partial charge in [0.05, 0.1) is 11.1 Å². The van der Waals surface area contributed by atoms with Gasteiger partial charge < -0.3 is 15.0 Å². The van der Waals surface area contributed by atoms with Crippen molar-refractivity contribution in [2.45, 2.75) is 31.9 Å². The maximum absolute atomic E-state index is 12.8. The Bertz CT molecular complexity index is 679. The van der Waals surface area contributed by atoms with Crippen LogP contribution in [0.3, 0.4) is 0 Å². The van der Waals surface area contributed by atoms with Crippen molar-refractivity contribution in [2.75, 3.05) is 6.54 Å². The maximum atomic E-state index is 12.8. The molecule has 1 aromatic carbocycles. The fourth-order valence-electron chi connectivity index (χ4n) is 3.66. The summed E-state index contributed by atoms with van der Waals surface area (Å²) in [6.07, 6.45) is 3.55. The molecule has 1 saturated heterocycles. The summed E-state index contributed by atoms with van der Waals surface area (Å²) in [7, 11) is 0. The normalized spacial score (nSPS) is 24.8. The molecule has 2 heterocycles. The molecule has 0 spiro atoms. The number of rotatable bonds is 2. The van der Waals surface area contributed by atoms with Gasteiger partial charge in [-0.15, -0.1) is 0 Å². The largest absolute Gasteiger partial charge is 0.388 e. The molecule has 5 nitrogen and oxygen atoms in total. The standard InChI is InChI=1S/C15H17N3O2/c19-8-13-16-12-3-1-2-11(14(12)17-13)15(20)18-7-9-4-5-10(18)6-9/h1-3,9-10,19H,4-8H2,(H,16,17). The summed E-state index contributed by atoms with van der Waals surface area (Å²) >= 11 is 0. The second kappa shape index (κ2) is 4.31. The molecule has 104 valence electrons. The highest BCUT2D eigenvalue weighted by atomic mass is 16.3. The number of piperidine rings is 1. The Morgan fingerprint density at radius 2 is 2.35 bits per heavy atom. The Hall–Kier alpha value is -1.88. The number of amides is 1. The average molecular weight is 271 g/mol. The Balaban J connectivity index is 1.74. The van der Waals surface area contributed by atoms with E-state index in [0.717, 1.165) is 24.9 Å². The molecule has 2 N–H and O–H groups in total. The zero-order chi connectivity index (χ0) is 13.7. The van der Waals surface area contributed by atoms with Crippen LogP contribution in [0.15, 0.2) is 18.2 Å². The number of aliphatic hydroxyl groups excluding tert-OH is 1. The van der Waals surface area contributed by atoms with Crippen molar-refractivity contribution in [3.05, 3.63) is 29.6 Å². The van der Waals surface area contributed by atoms with Gasteiger partial charge in [0.1, 0.15) is 17.9 Å². The quantitative estimate of drug-likeness (QED) is 0.873. The van der Waals surface area contributed by atoms with Gasteiger partial charge in [-0.3, -0.25) is 4.79 Å². The molecule has 1 aliphatic heterocycles. The van der Waals surface area contributed by atoms with E-state index in [1.54, 1.807) is 0 Å². The number of nitrogens with one attached hydrogen (secondary N) is 1. The highest BCUT2D eigenvalue weighted by molar-refractivity contribution is 6.05. The second-order valence-electron chi connectivity index (χ2n) is 5.83. The molecule has 0 radical (unpaired) electrons. The predicted octanol–water partition coefficient (Wildman–Crippen LogP) is 1.68. The lowest BCUT2D eigenvalue weighted by Gasteiger charge is -2.27. The van der Waals surface area contributed by atoms with Crippen LogP contribution in [0.4, 0.5) is 0 Å². The summed E-state index contributed by atoms with van der Waals surface area (Å²) < 4.78 is 0. The minimum atomic E-state index is -0.142. The van der Waals surface area contributed by atoms with Crippen molar-refractivity contribution >= 4 is 16.9 Å². The van der Waals surface area contributed by atoms with Crippen LogP contribution in [0, 0.1) is 5.92 Å². The van der Waals surface area contributed by atoms with Crippen molar-refractivity contribution < 1.29 is 9.90 Å². The number of nitrogens with zero attached hydrogens (tertiary/aromatic N) is 2. The number of hydrogen-bond acceptors (Lipinski definition) is 3. The van der Waals surface area contributed by atoms with E-state index in [2.05, 4.69) is 9.97 Å². The molecule has 2 fully saturated rings. The number of H-pyrrole nitrogens is 1. The third kappa shape index (κ3) is 1.66. The van der Waals surface area contributed by atoms with Gasteiger partial charge in [0.25, 0.3) is 5.91 Å². The molecule has 1 amide bonds. The van der Waals surface area contributed by atoms with Crippen LogP contribution in [-0.2, 0) is 6.61 Å². The lowest BCUT2D eigenvalue weighted by Crippen LogP contribution is -2.37. The summed E-state index contributed by atoms with van der Waals surface area (Å²) in [6, 6.07) is 6.00. The Labute approximate surface area is 116 Å². The number of likely N-dealkylation sites (tertiary alicyclic amines) is 1. The number of aliphatic hydroxyl groups is 1. The first-order valence-corrected chi connectivity index (χ1v) is 7.15. The maximum Gasteiger partial charge on any atom is 0.256 e. The SMILES string of the molecule is O=C(c1cccc2[nH]c(CO)nc12)N1CC2CCC1C2. The van der Waals surface area contributed by atoms with E-state index in [0.29, 0.717) is 28.9 Å². The Morgan fingerprint density at radius 3 is 3.05 bits per heavy atom.